The number of nitrogens with one attached hydrogen (secondary N) is 1. The first-order valence-electron chi connectivity index (χ1n) is 7.76. The molecule has 0 radical (unpaired) electrons. The van der Waals surface area contributed by atoms with Gasteiger partial charge in [0.15, 0.2) is 5.82 Å². The molecule has 0 fully saturated rings. The lowest BCUT2D eigenvalue weighted by molar-refractivity contribution is -0.119. The second-order valence-electron chi connectivity index (χ2n) is 5.80. The number of halogens is 2. The normalized spacial score (nSPS) is 12.1. The molecule has 0 bridgehead atoms. The van der Waals surface area contributed by atoms with E-state index in [1.165, 1.54) is 0 Å². The van der Waals surface area contributed by atoms with E-state index in [1.807, 2.05) is 37.4 Å². The van der Waals surface area contributed by atoms with Crippen LogP contribution in [0.15, 0.2) is 48.9 Å². The summed E-state index contributed by atoms with van der Waals surface area (Å²) in [6.45, 7) is 2.88. The molecule has 25 heavy (non-hydrogen) atoms. The topological polar surface area (TPSA) is 64.7 Å². The van der Waals surface area contributed by atoms with Gasteiger partial charge in [0.05, 0.1) is 30.2 Å². The molecule has 2 heterocycles. The Morgan fingerprint density at radius 2 is 1.92 bits per heavy atom. The average Bonchev–Trinajstić information content (AvgIpc) is 3.18. The van der Waals surface area contributed by atoms with Gasteiger partial charge in [-0.1, -0.05) is 42.3 Å². The van der Waals surface area contributed by atoms with Crippen molar-refractivity contribution < 1.29 is 4.79 Å². The highest BCUT2D eigenvalue weighted by molar-refractivity contribution is 6.30. The molecular weight excluding hydrogens is 361 g/mol. The first-order valence-corrected chi connectivity index (χ1v) is 8.52. The Kier molecular flexibility index (Phi) is 5.40. The predicted octanol–water partition coefficient (Wildman–Crippen LogP) is 3.71. The van der Waals surface area contributed by atoms with Gasteiger partial charge in [0, 0.05) is 23.5 Å². The van der Waals surface area contributed by atoms with E-state index in [2.05, 4.69) is 15.5 Å². The van der Waals surface area contributed by atoms with Crippen LogP contribution >= 0.6 is 23.2 Å². The van der Waals surface area contributed by atoms with Crippen molar-refractivity contribution in [1.82, 2.24) is 19.6 Å². The molecule has 1 aromatic carbocycles. The third kappa shape index (κ3) is 4.84. The summed E-state index contributed by atoms with van der Waals surface area (Å²) >= 11 is 11.7. The first kappa shape index (κ1) is 17.5. The first-order chi connectivity index (χ1) is 12.0. The van der Waals surface area contributed by atoms with Gasteiger partial charge in [0.1, 0.15) is 0 Å². The number of carbonyl (C=O) groups excluding carboxylic acids is 1. The van der Waals surface area contributed by atoms with Crippen LogP contribution in [0, 0.1) is 5.92 Å². The minimum Gasteiger partial charge on any atom is -0.309 e. The molecule has 1 atom stereocenters. The van der Waals surface area contributed by atoms with Crippen LogP contribution in [0.3, 0.4) is 0 Å². The van der Waals surface area contributed by atoms with E-state index in [0.717, 1.165) is 5.56 Å². The molecule has 0 aliphatic carbocycles. The summed E-state index contributed by atoms with van der Waals surface area (Å²) in [6, 6.07) is 9.34. The van der Waals surface area contributed by atoms with Crippen LogP contribution in [-0.2, 0) is 17.9 Å². The van der Waals surface area contributed by atoms with E-state index in [-0.39, 0.29) is 11.8 Å². The van der Waals surface area contributed by atoms with E-state index in [1.54, 1.807) is 27.8 Å². The number of nitrogens with zero attached hydrogens (tertiary/aromatic N) is 4. The molecular formula is C17H17Cl2N5O. The van der Waals surface area contributed by atoms with Crippen LogP contribution in [0.2, 0.25) is 10.0 Å². The van der Waals surface area contributed by atoms with E-state index in [4.69, 9.17) is 23.2 Å². The zero-order valence-electron chi connectivity index (χ0n) is 13.6. The monoisotopic (exact) mass is 377 g/mol. The Morgan fingerprint density at radius 3 is 2.60 bits per heavy atom. The van der Waals surface area contributed by atoms with Gasteiger partial charge in [0.2, 0.25) is 5.91 Å². The quantitative estimate of drug-likeness (QED) is 0.711. The lowest BCUT2D eigenvalue weighted by Crippen LogP contribution is -2.24. The Balaban J connectivity index is 1.56. The summed E-state index contributed by atoms with van der Waals surface area (Å²) in [4.78, 5) is 12.3. The maximum absolute atomic E-state index is 12.3. The largest absolute Gasteiger partial charge is 0.309 e. The molecule has 1 N–H and O–H groups in total. The number of hydrogen-bond donors (Lipinski definition) is 1. The second kappa shape index (κ2) is 7.72. The van der Waals surface area contributed by atoms with Gasteiger partial charge in [0.25, 0.3) is 0 Å². The van der Waals surface area contributed by atoms with Crippen LogP contribution in [-0.4, -0.2) is 25.5 Å². The zero-order valence-corrected chi connectivity index (χ0v) is 15.1. The van der Waals surface area contributed by atoms with Crippen molar-refractivity contribution in [2.75, 3.05) is 5.32 Å². The summed E-state index contributed by atoms with van der Waals surface area (Å²) in [5.74, 6) is 0.130. The van der Waals surface area contributed by atoms with Crippen molar-refractivity contribution in [3.8, 4) is 0 Å². The van der Waals surface area contributed by atoms with Crippen molar-refractivity contribution >= 4 is 34.9 Å². The molecule has 8 heteroatoms. The minimum absolute atomic E-state index is 0.122. The summed E-state index contributed by atoms with van der Waals surface area (Å²) in [7, 11) is 0. The Bertz CT molecular complexity index is 856. The van der Waals surface area contributed by atoms with E-state index >= 15 is 0 Å². The van der Waals surface area contributed by atoms with Crippen LogP contribution in [0.1, 0.15) is 12.5 Å². The molecule has 0 unspecified atom stereocenters. The van der Waals surface area contributed by atoms with Crippen LogP contribution in [0.5, 0.6) is 0 Å². The lowest BCUT2D eigenvalue weighted by Gasteiger charge is -2.10. The molecule has 6 nitrogen and oxygen atoms in total. The van der Waals surface area contributed by atoms with Crippen molar-refractivity contribution in [1.29, 1.82) is 0 Å². The maximum Gasteiger partial charge on any atom is 0.230 e. The lowest BCUT2D eigenvalue weighted by atomic mass is 10.1. The second-order valence-corrected chi connectivity index (χ2v) is 6.67. The van der Waals surface area contributed by atoms with Crippen molar-refractivity contribution in [3.63, 3.8) is 0 Å². The third-order valence-electron chi connectivity index (χ3n) is 3.66. The standard InChI is InChI=1S/C17H17Cl2N5O/c1-12(9-24-11-15(19)8-20-24)17(25)21-16-6-7-23(22-16)10-13-2-4-14(18)5-3-13/h2-8,11-12H,9-10H2,1H3,(H,21,22,25)/t12-/m0/s1. The molecule has 3 rings (SSSR count). The van der Waals surface area contributed by atoms with Gasteiger partial charge in [-0.25, -0.2) is 0 Å². The average molecular weight is 378 g/mol. The number of hydrogen-bond acceptors (Lipinski definition) is 3. The summed E-state index contributed by atoms with van der Waals surface area (Å²) in [6.07, 6.45) is 5.05. The molecule has 3 aromatic rings. The molecule has 0 saturated carbocycles. The van der Waals surface area contributed by atoms with E-state index in [0.29, 0.717) is 29.0 Å². The summed E-state index contributed by atoms with van der Waals surface area (Å²) in [5.41, 5.74) is 1.08. The molecule has 2 aromatic heterocycles. The van der Waals surface area contributed by atoms with Crippen molar-refractivity contribution in [2.45, 2.75) is 20.0 Å². The fraction of sp³-hybridized carbons (Fsp3) is 0.235. The molecule has 130 valence electrons. The molecule has 0 saturated heterocycles. The van der Waals surface area contributed by atoms with Crippen molar-refractivity contribution in [3.05, 3.63) is 64.5 Å². The highest BCUT2D eigenvalue weighted by atomic mass is 35.5. The Hall–Kier alpha value is -2.31. The number of rotatable bonds is 6. The third-order valence-corrected chi connectivity index (χ3v) is 4.11. The fourth-order valence-corrected chi connectivity index (χ4v) is 2.63. The fourth-order valence-electron chi connectivity index (χ4n) is 2.34. The highest BCUT2D eigenvalue weighted by Gasteiger charge is 2.15. The van der Waals surface area contributed by atoms with Crippen molar-refractivity contribution in [2.24, 2.45) is 5.92 Å². The molecule has 0 spiro atoms. The van der Waals surface area contributed by atoms with Gasteiger partial charge >= 0.3 is 0 Å². The van der Waals surface area contributed by atoms with E-state index < -0.39 is 0 Å². The smallest absolute Gasteiger partial charge is 0.230 e. The molecule has 0 aliphatic rings. The maximum atomic E-state index is 12.3. The Labute approximate surface area is 155 Å². The summed E-state index contributed by atoms with van der Waals surface area (Å²) < 4.78 is 3.41. The van der Waals surface area contributed by atoms with Crippen LogP contribution < -0.4 is 5.32 Å². The summed E-state index contributed by atoms with van der Waals surface area (Å²) in [5, 5.41) is 12.5. The van der Waals surface area contributed by atoms with Gasteiger partial charge in [-0.2, -0.15) is 10.2 Å². The zero-order chi connectivity index (χ0) is 17.8. The van der Waals surface area contributed by atoms with Crippen LogP contribution in [0.25, 0.3) is 0 Å². The SMILES string of the molecule is C[C@@H](Cn1cc(Cl)cn1)C(=O)Nc1ccn(Cc2ccc(Cl)cc2)n1. The number of anilines is 1. The van der Waals surface area contributed by atoms with Gasteiger partial charge in [-0.3, -0.25) is 14.2 Å². The minimum atomic E-state index is -0.266. The highest BCUT2D eigenvalue weighted by Crippen LogP contribution is 2.13. The number of amides is 1. The number of carbonyl (C=O) groups is 1. The predicted molar refractivity (Wildman–Crippen MR) is 97.8 cm³/mol. The van der Waals surface area contributed by atoms with Gasteiger partial charge in [-0.05, 0) is 17.7 Å². The molecule has 0 aliphatic heterocycles. The molecule has 1 amide bonds. The Morgan fingerprint density at radius 1 is 1.16 bits per heavy atom. The number of benzene rings is 1. The van der Waals surface area contributed by atoms with Crippen LogP contribution in [0.4, 0.5) is 5.82 Å². The van der Waals surface area contributed by atoms with Gasteiger partial charge < -0.3 is 5.32 Å². The number of aromatic nitrogens is 4. The van der Waals surface area contributed by atoms with E-state index in [9.17, 15) is 4.79 Å². The van der Waals surface area contributed by atoms with Gasteiger partial charge in [-0.15, -0.1) is 0 Å².